The average molecular weight is 281 g/mol. The first-order chi connectivity index (χ1) is 9.08. The van der Waals surface area contributed by atoms with Crippen molar-refractivity contribution in [2.45, 2.75) is 25.9 Å². The van der Waals surface area contributed by atoms with Crippen molar-refractivity contribution in [1.29, 1.82) is 0 Å². The maximum atomic E-state index is 11.9. The quantitative estimate of drug-likeness (QED) is 0.863. The summed E-state index contributed by atoms with van der Waals surface area (Å²) in [5.41, 5.74) is 3.21. The van der Waals surface area contributed by atoms with Gasteiger partial charge in [-0.1, -0.05) is 29.8 Å². The molecule has 0 unspecified atom stereocenters. The first kappa shape index (κ1) is 13.5. The van der Waals surface area contributed by atoms with Crippen LogP contribution in [-0.2, 0) is 14.3 Å². The van der Waals surface area contributed by atoms with Crippen LogP contribution in [0.1, 0.15) is 31.4 Å². The fraction of sp³-hybridized carbons (Fsp3) is 0.308. The lowest BCUT2D eigenvalue weighted by Crippen LogP contribution is -2.31. The Morgan fingerprint density at radius 3 is 2.79 bits per heavy atom. The van der Waals surface area contributed by atoms with E-state index in [1.54, 1.807) is 25.1 Å². The van der Waals surface area contributed by atoms with Crippen molar-refractivity contribution in [2.24, 2.45) is 5.10 Å². The molecule has 1 aliphatic heterocycles. The lowest BCUT2D eigenvalue weighted by Gasteiger charge is -2.17. The SMILES string of the molecule is C[C@H](OC(=O)C1=NNC(=O)CC1)c1ccccc1Cl. The normalized spacial score (nSPS) is 16.3. The largest absolute Gasteiger partial charge is 0.453 e. The average Bonchev–Trinajstić information content (AvgIpc) is 2.39. The third kappa shape index (κ3) is 3.32. The van der Waals surface area contributed by atoms with Gasteiger partial charge in [0.2, 0.25) is 5.91 Å². The molecule has 1 N–H and O–H groups in total. The van der Waals surface area contributed by atoms with E-state index in [1.165, 1.54) is 0 Å². The van der Waals surface area contributed by atoms with Gasteiger partial charge < -0.3 is 4.74 Å². The number of hydrogen-bond acceptors (Lipinski definition) is 4. The van der Waals surface area contributed by atoms with Crippen LogP contribution in [0.15, 0.2) is 29.4 Å². The van der Waals surface area contributed by atoms with E-state index in [4.69, 9.17) is 16.3 Å². The van der Waals surface area contributed by atoms with Gasteiger partial charge in [0.05, 0.1) is 0 Å². The number of amides is 1. The first-order valence-electron chi connectivity index (χ1n) is 5.88. The van der Waals surface area contributed by atoms with Gasteiger partial charge in [-0.05, 0) is 13.0 Å². The Balaban J connectivity index is 2.03. The van der Waals surface area contributed by atoms with Gasteiger partial charge in [-0.15, -0.1) is 0 Å². The van der Waals surface area contributed by atoms with E-state index in [0.29, 0.717) is 11.4 Å². The van der Waals surface area contributed by atoms with E-state index in [1.807, 2.05) is 6.07 Å². The Hall–Kier alpha value is -1.88. The molecule has 19 heavy (non-hydrogen) atoms. The summed E-state index contributed by atoms with van der Waals surface area (Å²) in [6.07, 6.45) is 0.0652. The smallest absolute Gasteiger partial charge is 0.355 e. The molecule has 0 aromatic heterocycles. The second-order valence-corrected chi connectivity index (χ2v) is 4.57. The van der Waals surface area contributed by atoms with Gasteiger partial charge in [0, 0.05) is 23.4 Å². The standard InChI is InChI=1S/C13H13ClN2O3/c1-8(9-4-2-3-5-10(9)14)19-13(18)11-6-7-12(17)16-15-11/h2-5,8H,6-7H2,1H3,(H,16,17)/t8-/m0/s1. The lowest BCUT2D eigenvalue weighted by atomic mass is 10.1. The minimum absolute atomic E-state index is 0.198. The minimum atomic E-state index is -0.535. The molecule has 0 fully saturated rings. The van der Waals surface area contributed by atoms with E-state index < -0.39 is 12.1 Å². The molecule has 1 aromatic rings. The van der Waals surface area contributed by atoms with Crippen molar-refractivity contribution >= 4 is 29.2 Å². The molecule has 1 atom stereocenters. The highest BCUT2D eigenvalue weighted by molar-refractivity contribution is 6.37. The molecule has 0 aliphatic carbocycles. The molecular formula is C13H13ClN2O3. The van der Waals surface area contributed by atoms with Crippen LogP contribution < -0.4 is 5.43 Å². The summed E-state index contributed by atoms with van der Waals surface area (Å²) in [7, 11) is 0. The minimum Gasteiger partial charge on any atom is -0.453 e. The maximum absolute atomic E-state index is 11.9. The van der Waals surface area contributed by atoms with Crippen LogP contribution in [0.4, 0.5) is 0 Å². The molecule has 6 heteroatoms. The summed E-state index contributed by atoms with van der Waals surface area (Å²) in [4.78, 5) is 22.8. The number of hydrogen-bond donors (Lipinski definition) is 1. The summed E-state index contributed by atoms with van der Waals surface area (Å²) in [6.45, 7) is 1.74. The Morgan fingerprint density at radius 2 is 2.16 bits per heavy atom. The molecule has 1 aliphatic rings. The Bertz CT molecular complexity index is 542. The second kappa shape index (κ2) is 5.84. The van der Waals surface area contributed by atoms with Crippen LogP contribution in [0.2, 0.25) is 5.02 Å². The molecule has 5 nitrogen and oxygen atoms in total. The predicted molar refractivity (Wildman–Crippen MR) is 70.8 cm³/mol. The van der Waals surface area contributed by atoms with Crippen LogP contribution in [0.5, 0.6) is 0 Å². The van der Waals surface area contributed by atoms with Gasteiger partial charge in [-0.2, -0.15) is 5.10 Å². The zero-order valence-electron chi connectivity index (χ0n) is 10.4. The molecule has 2 rings (SSSR count). The van der Waals surface area contributed by atoms with Crippen molar-refractivity contribution in [3.05, 3.63) is 34.9 Å². The predicted octanol–water partition coefficient (Wildman–Crippen LogP) is 2.21. The number of carbonyl (C=O) groups is 2. The van der Waals surface area contributed by atoms with Crippen LogP contribution in [-0.4, -0.2) is 17.6 Å². The van der Waals surface area contributed by atoms with Gasteiger partial charge in [0.1, 0.15) is 11.8 Å². The van der Waals surface area contributed by atoms with Crippen LogP contribution in [0.25, 0.3) is 0 Å². The molecule has 100 valence electrons. The number of carbonyl (C=O) groups excluding carboxylic acids is 2. The van der Waals surface area contributed by atoms with Crippen LogP contribution >= 0.6 is 11.6 Å². The van der Waals surface area contributed by atoms with Crippen molar-refractivity contribution in [1.82, 2.24) is 5.43 Å². The third-order valence-corrected chi connectivity index (χ3v) is 3.11. The van der Waals surface area contributed by atoms with Gasteiger partial charge in [-0.25, -0.2) is 10.2 Å². The van der Waals surface area contributed by atoms with Gasteiger partial charge in [-0.3, -0.25) is 4.79 Å². The van der Waals surface area contributed by atoms with Crippen LogP contribution in [0, 0.1) is 0 Å². The molecule has 1 heterocycles. The van der Waals surface area contributed by atoms with E-state index in [0.717, 1.165) is 5.56 Å². The Kier molecular flexibility index (Phi) is 4.16. The summed E-state index contributed by atoms with van der Waals surface area (Å²) >= 11 is 6.03. The molecule has 0 saturated heterocycles. The van der Waals surface area contributed by atoms with Gasteiger partial charge in [0.15, 0.2) is 0 Å². The van der Waals surface area contributed by atoms with Crippen molar-refractivity contribution < 1.29 is 14.3 Å². The van der Waals surface area contributed by atoms with Crippen LogP contribution in [0.3, 0.4) is 0 Å². The molecule has 0 saturated carbocycles. The zero-order chi connectivity index (χ0) is 13.8. The van der Waals surface area contributed by atoms with E-state index >= 15 is 0 Å². The molecule has 0 bridgehead atoms. The summed E-state index contributed by atoms with van der Waals surface area (Å²) in [5, 5.41) is 4.23. The molecule has 0 radical (unpaired) electrons. The fourth-order valence-electron chi connectivity index (χ4n) is 1.72. The number of nitrogens with zero attached hydrogens (tertiary/aromatic N) is 1. The maximum Gasteiger partial charge on any atom is 0.355 e. The van der Waals surface area contributed by atoms with Crippen molar-refractivity contribution in [3.63, 3.8) is 0 Å². The number of ether oxygens (including phenoxy) is 1. The van der Waals surface area contributed by atoms with Gasteiger partial charge >= 0.3 is 5.97 Å². The Labute approximate surface area is 115 Å². The van der Waals surface area contributed by atoms with E-state index in [2.05, 4.69) is 10.5 Å². The van der Waals surface area contributed by atoms with E-state index in [-0.39, 0.29) is 18.0 Å². The zero-order valence-corrected chi connectivity index (χ0v) is 11.1. The highest BCUT2D eigenvalue weighted by Crippen LogP contribution is 2.25. The topological polar surface area (TPSA) is 67.8 Å². The number of hydrazone groups is 1. The molecule has 1 amide bonds. The molecule has 0 spiro atoms. The summed E-state index contributed by atoms with van der Waals surface area (Å²) in [6, 6.07) is 7.16. The number of esters is 1. The highest BCUT2D eigenvalue weighted by atomic mass is 35.5. The summed E-state index contributed by atoms with van der Waals surface area (Å²) < 4.78 is 5.29. The number of nitrogens with one attached hydrogen (secondary N) is 1. The lowest BCUT2D eigenvalue weighted by molar-refractivity contribution is -0.140. The first-order valence-corrected chi connectivity index (χ1v) is 6.26. The number of rotatable bonds is 3. The summed E-state index contributed by atoms with van der Waals surface area (Å²) in [5.74, 6) is -0.733. The van der Waals surface area contributed by atoms with Crippen molar-refractivity contribution in [2.75, 3.05) is 0 Å². The molecular weight excluding hydrogens is 268 g/mol. The Morgan fingerprint density at radius 1 is 1.42 bits per heavy atom. The fourth-order valence-corrected chi connectivity index (χ4v) is 2.01. The third-order valence-electron chi connectivity index (χ3n) is 2.77. The number of benzene rings is 1. The number of halogens is 1. The van der Waals surface area contributed by atoms with Crippen molar-refractivity contribution in [3.8, 4) is 0 Å². The molecule has 1 aromatic carbocycles. The van der Waals surface area contributed by atoms with E-state index in [9.17, 15) is 9.59 Å². The highest BCUT2D eigenvalue weighted by Gasteiger charge is 2.22. The second-order valence-electron chi connectivity index (χ2n) is 4.16. The monoisotopic (exact) mass is 280 g/mol. The van der Waals surface area contributed by atoms with Gasteiger partial charge in [0.25, 0.3) is 0 Å².